The van der Waals surface area contributed by atoms with Crippen molar-refractivity contribution in [1.82, 2.24) is 0 Å². The molecule has 2 aromatic rings. The second-order valence-electron chi connectivity index (χ2n) is 5.74. The average molecular weight is 284 g/mol. The lowest BCUT2D eigenvalue weighted by Gasteiger charge is -2.24. The topological polar surface area (TPSA) is 46.5 Å². The molecule has 2 aromatic carbocycles. The van der Waals surface area contributed by atoms with Crippen LogP contribution in [0, 0.1) is 0 Å². The highest BCUT2D eigenvalue weighted by Crippen LogP contribution is 2.36. The van der Waals surface area contributed by atoms with Crippen LogP contribution < -0.4 is 4.74 Å². The van der Waals surface area contributed by atoms with Crippen LogP contribution in [-0.4, -0.2) is 18.2 Å². The molecule has 0 aliphatic rings. The van der Waals surface area contributed by atoms with Gasteiger partial charge in [-0.05, 0) is 23.3 Å². The van der Waals surface area contributed by atoms with Crippen LogP contribution in [0.15, 0.2) is 48.5 Å². The van der Waals surface area contributed by atoms with E-state index in [9.17, 15) is 4.79 Å². The number of carbonyl (C=O) groups is 1. The number of aliphatic carboxylic acids is 1. The van der Waals surface area contributed by atoms with E-state index < -0.39 is 11.4 Å². The quantitative estimate of drug-likeness (QED) is 0.898. The van der Waals surface area contributed by atoms with Crippen LogP contribution in [0.2, 0.25) is 0 Å². The van der Waals surface area contributed by atoms with E-state index in [-0.39, 0.29) is 6.42 Å². The molecule has 0 heterocycles. The summed E-state index contributed by atoms with van der Waals surface area (Å²) in [6, 6.07) is 15.8. The van der Waals surface area contributed by atoms with Crippen molar-refractivity contribution in [2.24, 2.45) is 0 Å². The van der Waals surface area contributed by atoms with E-state index >= 15 is 0 Å². The van der Waals surface area contributed by atoms with Crippen molar-refractivity contribution in [3.63, 3.8) is 0 Å². The van der Waals surface area contributed by atoms with E-state index in [1.807, 2.05) is 62.4 Å². The zero-order valence-electron chi connectivity index (χ0n) is 12.6. The highest BCUT2D eigenvalue weighted by atomic mass is 16.5. The molecule has 0 atom stereocenters. The van der Waals surface area contributed by atoms with Crippen molar-refractivity contribution in [2.45, 2.75) is 25.7 Å². The van der Waals surface area contributed by atoms with E-state index in [0.29, 0.717) is 0 Å². The summed E-state index contributed by atoms with van der Waals surface area (Å²) in [6.45, 7) is 3.88. The first-order valence-electron chi connectivity index (χ1n) is 6.90. The number of methoxy groups -OCH3 is 1. The molecule has 3 heteroatoms. The number of carboxylic acids is 1. The van der Waals surface area contributed by atoms with Gasteiger partial charge >= 0.3 is 5.97 Å². The third kappa shape index (κ3) is 3.43. The summed E-state index contributed by atoms with van der Waals surface area (Å²) in [5.74, 6) is -0.00634. The highest BCUT2D eigenvalue weighted by molar-refractivity contribution is 5.73. The van der Waals surface area contributed by atoms with Gasteiger partial charge in [0.15, 0.2) is 0 Å². The van der Waals surface area contributed by atoms with Gasteiger partial charge in [0.1, 0.15) is 5.75 Å². The van der Waals surface area contributed by atoms with Crippen molar-refractivity contribution in [3.8, 4) is 16.9 Å². The summed E-state index contributed by atoms with van der Waals surface area (Å²) in [5, 5.41) is 9.07. The van der Waals surface area contributed by atoms with Crippen LogP contribution in [-0.2, 0) is 10.2 Å². The standard InChI is InChI=1S/C18H20O3/c1-18(2,12-17(19)20)14-9-10-16(21-3)15(11-14)13-7-5-4-6-8-13/h4-11H,12H2,1-3H3,(H,19,20). The molecule has 0 spiro atoms. The van der Waals surface area contributed by atoms with Gasteiger partial charge in [0.05, 0.1) is 13.5 Å². The van der Waals surface area contributed by atoms with Gasteiger partial charge < -0.3 is 9.84 Å². The van der Waals surface area contributed by atoms with E-state index in [2.05, 4.69) is 0 Å². The molecule has 0 bridgehead atoms. The molecule has 1 N–H and O–H groups in total. The van der Waals surface area contributed by atoms with E-state index in [0.717, 1.165) is 22.4 Å². The maximum Gasteiger partial charge on any atom is 0.304 e. The third-order valence-corrected chi connectivity index (χ3v) is 3.66. The number of hydrogen-bond acceptors (Lipinski definition) is 2. The Morgan fingerprint density at radius 2 is 1.81 bits per heavy atom. The van der Waals surface area contributed by atoms with Crippen LogP contribution in [0.4, 0.5) is 0 Å². The SMILES string of the molecule is COc1ccc(C(C)(C)CC(=O)O)cc1-c1ccccc1. The molecule has 2 rings (SSSR count). The van der Waals surface area contributed by atoms with Gasteiger partial charge in [0.25, 0.3) is 0 Å². The molecular formula is C18H20O3. The summed E-state index contributed by atoms with van der Waals surface area (Å²) in [4.78, 5) is 11.0. The van der Waals surface area contributed by atoms with Gasteiger partial charge in [-0.2, -0.15) is 0 Å². The first kappa shape index (κ1) is 15.1. The lowest BCUT2D eigenvalue weighted by atomic mass is 9.80. The van der Waals surface area contributed by atoms with Gasteiger partial charge in [-0.1, -0.05) is 50.2 Å². The molecule has 21 heavy (non-hydrogen) atoms. The Bertz CT molecular complexity index is 630. The predicted octanol–water partition coefficient (Wildman–Crippen LogP) is 4.11. The maximum absolute atomic E-state index is 11.0. The smallest absolute Gasteiger partial charge is 0.304 e. The average Bonchev–Trinajstić information content (AvgIpc) is 2.46. The Morgan fingerprint density at radius 3 is 2.38 bits per heavy atom. The first-order valence-corrected chi connectivity index (χ1v) is 6.90. The first-order chi connectivity index (χ1) is 9.94. The van der Waals surface area contributed by atoms with Crippen molar-refractivity contribution < 1.29 is 14.6 Å². The molecular weight excluding hydrogens is 264 g/mol. The van der Waals surface area contributed by atoms with E-state index in [4.69, 9.17) is 9.84 Å². The normalized spacial score (nSPS) is 11.2. The minimum absolute atomic E-state index is 0.0908. The van der Waals surface area contributed by atoms with Gasteiger partial charge in [-0.3, -0.25) is 4.79 Å². The fourth-order valence-electron chi connectivity index (χ4n) is 2.45. The Morgan fingerprint density at radius 1 is 1.14 bits per heavy atom. The van der Waals surface area contributed by atoms with Crippen molar-refractivity contribution >= 4 is 5.97 Å². The molecule has 0 fully saturated rings. The third-order valence-electron chi connectivity index (χ3n) is 3.66. The summed E-state index contributed by atoms with van der Waals surface area (Å²) in [6.07, 6.45) is 0.0908. The Labute approximate surface area is 125 Å². The maximum atomic E-state index is 11.0. The summed E-state index contributed by atoms with van der Waals surface area (Å²) in [7, 11) is 1.64. The second-order valence-corrected chi connectivity index (χ2v) is 5.74. The van der Waals surface area contributed by atoms with Crippen LogP contribution in [0.5, 0.6) is 5.75 Å². The highest BCUT2D eigenvalue weighted by Gasteiger charge is 2.25. The predicted molar refractivity (Wildman–Crippen MR) is 83.7 cm³/mol. The van der Waals surface area contributed by atoms with Crippen LogP contribution in [0.3, 0.4) is 0 Å². The summed E-state index contributed by atoms with van der Waals surface area (Å²) >= 11 is 0. The summed E-state index contributed by atoms with van der Waals surface area (Å²) < 4.78 is 5.43. The van der Waals surface area contributed by atoms with Crippen molar-refractivity contribution in [3.05, 3.63) is 54.1 Å². The van der Waals surface area contributed by atoms with E-state index in [1.54, 1.807) is 7.11 Å². The van der Waals surface area contributed by atoms with Crippen LogP contribution in [0.25, 0.3) is 11.1 Å². The number of ether oxygens (including phenoxy) is 1. The van der Waals surface area contributed by atoms with E-state index in [1.165, 1.54) is 0 Å². The molecule has 0 radical (unpaired) electrons. The zero-order valence-corrected chi connectivity index (χ0v) is 12.6. The Balaban J connectivity index is 2.50. The van der Waals surface area contributed by atoms with Crippen LogP contribution >= 0.6 is 0 Å². The zero-order chi connectivity index (χ0) is 15.5. The number of carboxylic acid groups (broad SMARTS) is 1. The largest absolute Gasteiger partial charge is 0.496 e. The lowest BCUT2D eigenvalue weighted by Crippen LogP contribution is -2.21. The van der Waals surface area contributed by atoms with Crippen LogP contribution in [0.1, 0.15) is 25.8 Å². The minimum atomic E-state index is -0.794. The molecule has 110 valence electrons. The fraction of sp³-hybridized carbons (Fsp3) is 0.278. The van der Waals surface area contributed by atoms with Gasteiger partial charge in [-0.25, -0.2) is 0 Å². The molecule has 3 nitrogen and oxygen atoms in total. The van der Waals surface area contributed by atoms with Gasteiger partial charge in [0.2, 0.25) is 0 Å². The number of rotatable bonds is 5. The molecule has 0 aromatic heterocycles. The number of hydrogen-bond donors (Lipinski definition) is 1. The molecule has 0 unspecified atom stereocenters. The monoisotopic (exact) mass is 284 g/mol. The number of benzene rings is 2. The fourth-order valence-corrected chi connectivity index (χ4v) is 2.45. The van der Waals surface area contributed by atoms with Gasteiger partial charge in [0, 0.05) is 11.0 Å². The molecule has 0 aliphatic carbocycles. The van der Waals surface area contributed by atoms with Crippen molar-refractivity contribution in [1.29, 1.82) is 0 Å². The van der Waals surface area contributed by atoms with Gasteiger partial charge in [-0.15, -0.1) is 0 Å². The Kier molecular flexibility index (Phi) is 4.32. The second kappa shape index (κ2) is 6.00. The molecule has 0 saturated carbocycles. The summed E-state index contributed by atoms with van der Waals surface area (Å²) in [5.41, 5.74) is 2.60. The minimum Gasteiger partial charge on any atom is -0.496 e. The Hall–Kier alpha value is -2.29. The molecule has 0 amide bonds. The lowest BCUT2D eigenvalue weighted by molar-refractivity contribution is -0.138. The molecule has 0 saturated heterocycles. The van der Waals surface area contributed by atoms with Crippen molar-refractivity contribution in [2.75, 3.05) is 7.11 Å². The molecule has 0 aliphatic heterocycles.